The zero-order valence-corrected chi connectivity index (χ0v) is 14.1. The highest BCUT2D eigenvalue weighted by Gasteiger charge is 2.21. The Labute approximate surface area is 144 Å². The maximum atomic E-state index is 6.29. The zero-order chi connectivity index (χ0) is 15.1. The van der Waals surface area contributed by atoms with Crippen LogP contribution in [0, 0.1) is 0 Å². The largest absolute Gasteiger partial charge is 0.288 e. The Morgan fingerprint density at radius 1 is 1.14 bits per heavy atom. The average molecular weight is 367 g/mol. The normalized spacial score (nSPS) is 13.5. The molecule has 0 atom stereocenters. The summed E-state index contributed by atoms with van der Waals surface area (Å²) in [6, 6.07) is 9.42. The van der Waals surface area contributed by atoms with Gasteiger partial charge >= 0.3 is 0 Å². The van der Waals surface area contributed by atoms with Crippen LogP contribution in [0.3, 0.4) is 0 Å². The molecule has 0 spiro atoms. The van der Waals surface area contributed by atoms with Crippen molar-refractivity contribution in [3.05, 3.63) is 56.0 Å². The lowest BCUT2D eigenvalue weighted by Crippen LogP contribution is -2.17. The van der Waals surface area contributed by atoms with E-state index < -0.39 is 0 Å². The number of aromatic nitrogens is 3. The van der Waals surface area contributed by atoms with E-state index >= 15 is 0 Å². The second-order valence-electron chi connectivity index (χ2n) is 4.50. The number of thiophene rings is 1. The van der Waals surface area contributed by atoms with Crippen LogP contribution < -0.4 is 5.43 Å². The van der Waals surface area contributed by atoms with Crippen LogP contribution in [0.5, 0.6) is 0 Å². The van der Waals surface area contributed by atoms with E-state index in [9.17, 15) is 0 Å². The van der Waals surface area contributed by atoms with Crippen LogP contribution in [0.25, 0.3) is 17.1 Å². The third-order valence-corrected chi connectivity index (χ3v) is 5.39. The summed E-state index contributed by atoms with van der Waals surface area (Å²) in [4.78, 5) is 1.15. The van der Waals surface area contributed by atoms with Crippen molar-refractivity contribution < 1.29 is 0 Å². The van der Waals surface area contributed by atoms with Crippen molar-refractivity contribution in [1.82, 2.24) is 14.9 Å². The van der Waals surface area contributed by atoms with Gasteiger partial charge in [-0.3, -0.25) is 5.43 Å². The van der Waals surface area contributed by atoms with Crippen molar-refractivity contribution in [2.45, 2.75) is 5.16 Å². The van der Waals surface area contributed by atoms with Crippen molar-refractivity contribution in [2.24, 2.45) is 0 Å². The maximum absolute atomic E-state index is 6.29. The smallest absolute Gasteiger partial charge is 0.214 e. The highest BCUT2D eigenvalue weighted by atomic mass is 35.5. The molecule has 0 unspecified atom stereocenters. The van der Waals surface area contributed by atoms with Crippen molar-refractivity contribution in [3.63, 3.8) is 0 Å². The van der Waals surface area contributed by atoms with Crippen LogP contribution in [-0.2, 0) is 0 Å². The van der Waals surface area contributed by atoms with E-state index in [1.165, 1.54) is 11.8 Å². The summed E-state index contributed by atoms with van der Waals surface area (Å²) in [5.74, 6) is 0.659. The molecule has 8 heteroatoms. The highest BCUT2D eigenvalue weighted by molar-refractivity contribution is 8.02. The summed E-state index contributed by atoms with van der Waals surface area (Å²) in [6.45, 7) is 0. The van der Waals surface area contributed by atoms with Crippen molar-refractivity contribution >= 4 is 52.0 Å². The van der Waals surface area contributed by atoms with E-state index in [0.717, 1.165) is 21.3 Å². The molecular formula is C14H8Cl2N4S2. The van der Waals surface area contributed by atoms with Crippen LogP contribution in [-0.4, -0.2) is 14.9 Å². The number of nitrogens with zero attached hydrogens (tertiary/aromatic N) is 3. The number of rotatable bonds is 2. The molecule has 4 nitrogen and oxygen atoms in total. The zero-order valence-electron chi connectivity index (χ0n) is 11.0. The molecule has 2 aromatic heterocycles. The lowest BCUT2D eigenvalue weighted by molar-refractivity contribution is 0.827. The van der Waals surface area contributed by atoms with Gasteiger partial charge in [0.15, 0.2) is 5.82 Å². The Morgan fingerprint density at radius 3 is 2.82 bits per heavy atom. The van der Waals surface area contributed by atoms with Gasteiger partial charge in [-0.2, -0.15) is 0 Å². The van der Waals surface area contributed by atoms with Gasteiger partial charge in [-0.25, -0.2) is 4.68 Å². The topological polar surface area (TPSA) is 42.7 Å². The minimum absolute atomic E-state index is 0.543. The molecular weight excluding hydrogens is 359 g/mol. The van der Waals surface area contributed by atoms with Gasteiger partial charge in [-0.15, -0.1) is 21.5 Å². The minimum atomic E-state index is 0.543. The standard InChI is InChI=1S/C14H8Cl2N4S2/c15-8-3-4-9(10(16)6-8)13-17-18-14-20(13)19-11(7-22-14)12-2-1-5-21-12/h1-7,19H. The van der Waals surface area contributed by atoms with Crippen LogP contribution in [0.15, 0.2) is 46.3 Å². The van der Waals surface area contributed by atoms with E-state index in [-0.39, 0.29) is 0 Å². The van der Waals surface area contributed by atoms with Crippen molar-refractivity contribution in [3.8, 4) is 11.4 Å². The lowest BCUT2D eigenvalue weighted by Gasteiger charge is -2.18. The molecule has 0 saturated carbocycles. The molecule has 22 heavy (non-hydrogen) atoms. The van der Waals surface area contributed by atoms with Crippen molar-refractivity contribution in [2.75, 3.05) is 5.43 Å². The molecule has 0 fully saturated rings. The van der Waals surface area contributed by atoms with Crippen LogP contribution in [0.2, 0.25) is 10.0 Å². The Bertz CT molecular complexity index is 871. The van der Waals surface area contributed by atoms with Crippen LogP contribution in [0.4, 0.5) is 0 Å². The predicted molar refractivity (Wildman–Crippen MR) is 93.0 cm³/mol. The van der Waals surface area contributed by atoms with Gasteiger partial charge in [0.2, 0.25) is 5.16 Å². The molecule has 0 aliphatic carbocycles. The summed E-state index contributed by atoms with van der Waals surface area (Å²) in [5, 5.41) is 14.4. The summed E-state index contributed by atoms with van der Waals surface area (Å²) < 4.78 is 1.84. The molecule has 0 amide bonds. The molecule has 1 aromatic carbocycles. The fourth-order valence-corrected chi connectivity index (χ4v) is 4.08. The van der Waals surface area contributed by atoms with Gasteiger partial charge in [-0.05, 0) is 29.6 Å². The fraction of sp³-hybridized carbons (Fsp3) is 0. The third-order valence-electron chi connectivity index (χ3n) is 3.11. The van der Waals surface area contributed by atoms with E-state index in [1.54, 1.807) is 23.5 Å². The molecule has 0 radical (unpaired) electrons. The molecule has 1 aliphatic rings. The molecule has 0 bridgehead atoms. The highest BCUT2D eigenvalue weighted by Crippen LogP contribution is 2.35. The Kier molecular flexibility index (Phi) is 3.62. The summed E-state index contributed by atoms with van der Waals surface area (Å²) in [5.41, 5.74) is 5.13. The van der Waals surface area contributed by atoms with E-state index in [1.807, 2.05) is 27.6 Å². The SMILES string of the molecule is Clc1ccc(-c2nnc3n2NC(c2cccs2)=CS3)c(Cl)c1. The van der Waals surface area contributed by atoms with Gasteiger partial charge in [0.05, 0.1) is 15.6 Å². The summed E-state index contributed by atoms with van der Waals surface area (Å²) in [7, 11) is 0. The quantitative estimate of drug-likeness (QED) is 0.695. The number of hydrogen-bond acceptors (Lipinski definition) is 5. The molecule has 110 valence electrons. The van der Waals surface area contributed by atoms with Gasteiger partial charge in [-0.1, -0.05) is 41.0 Å². The van der Waals surface area contributed by atoms with Gasteiger partial charge in [0.25, 0.3) is 0 Å². The Morgan fingerprint density at radius 2 is 2.05 bits per heavy atom. The monoisotopic (exact) mass is 366 g/mol. The summed E-state index contributed by atoms with van der Waals surface area (Å²) in [6.07, 6.45) is 0. The fourth-order valence-electron chi connectivity index (χ4n) is 2.10. The van der Waals surface area contributed by atoms with Gasteiger partial charge < -0.3 is 0 Å². The first-order valence-corrected chi connectivity index (χ1v) is 8.82. The molecule has 0 saturated heterocycles. The molecule has 4 rings (SSSR count). The van der Waals surface area contributed by atoms with Crippen LogP contribution >= 0.6 is 46.3 Å². The first-order chi connectivity index (χ1) is 10.7. The number of nitrogens with one attached hydrogen (secondary N) is 1. The first-order valence-electron chi connectivity index (χ1n) is 6.31. The van der Waals surface area contributed by atoms with Crippen LogP contribution in [0.1, 0.15) is 4.88 Å². The van der Waals surface area contributed by atoms with Crippen molar-refractivity contribution in [1.29, 1.82) is 0 Å². The second kappa shape index (κ2) is 5.62. The number of hydrogen-bond donors (Lipinski definition) is 1. The molecule has 3 heterocycles. The Hall–Kier alpha value is -1.47. The number of fused-ring (bicyclic) bond motifs is 1. The van der Waals surface area contributed by atoms with Gasteiger partial charge in [0.1, 0.15) is 0 Å². The predicted octanol–water partition coefficient (Wildman–Crippen LogP) is 4.96. The lowest BCUT2D eigenvalue weighted by atomic mass is 10.2. The van der Waals surface area contributed by atoms with E-state index in [4.69, 9.17) is 23.2 Å². The average Bonchev–Trinajstić information content (AvgIpc) is 3.16. The number of thioether (sulfide) groups is 1. The summed E-state index contributed by atoms with van der Waals surface area (Å²) >= 11 is 15.4. The second-order valence-corrected chi connectivity index (χ2v) is 7.13. The maximum Gasteiger partial charge on any atom is 0.214 e. The third kappa shape index (κ3) is 2.42. The first kappa shape index (κ1) is 14.1. The number of benzene rings is 1. The minimum Gasteiger partial charge on any atom is -0.288 e. The molecule has 1 N–H and O–H groups in total. The molecule has 1 aliphatic heterocycles. The van der Waals surface area contributed by atoms with E-state index in [0.29, 0.717) is 15.9 Å². The van der Waals surface area contributed by atoms with E-state index in [2.05, 4.69) is 21.7 Å². The number of halogens is 2. The Balaban J connectivity index is 1.76. The molecule has 3 aromatic rings. The van der Waals surface area contributed by atoms with Gasteiger partial charge in [0, 0.05) is 16.0 Å².